The standard InChI is InChI=1S/C23H40O4/c1-5-6-12-23(3,4)20(27-22-9-7-8-13-25-22)11-10-17-16(2)14-19-18(17)15-21(24)26-19/h10-11,16-22,24H,5-9,12-15H2,1-4H3/t16-,17+,18-,19+,20+,21+,22?/m0/s1. The number of aliphatic hydroxyl groups excluding tert-OH is 1. The summed E-state index contributed by atoms with van der Waals surface area (Å²) < 4.78 is 18.1. The Morgan fingerprint density at radius 2 is 2.07 bits per heavy atom. The van der Waals surface area contributed by atoms with Crippen LogP contribution in [0.2, 0.25) is 0 Å². The largest absolute Gasteiger partial charge is 0.368 e. The zero-order valence-electron chi connectivity index (χ0n) is 17.7. The third-order valence-corrected chi connectivity index (χ3v) is 6.93. The predicted molar refractivity (Wildman–Crippen MR) is 107 cm³/mol. The second-order valence-corrected chi connectivity index (χ2v) is 9.65. The van der Waals surface area contributed by atoms with E-state index in [1.807, 2.05) is 0 Å². The van der Waals surface area contributed by atoms with Crippen molar-refractivity contribution in [1.29, 1.82) is 0 Å². The molecule has 2 heterocycles. The number of hydrogen-bond donors (Lipinski definition) is 1. The molecule has 0 aromatic heterocycles. The zero-order chi connectivity index (χ0) is 19.4. The molecular formula is C23H40O4. The van der Waals surface area contributed by atoms with Crippen LogP contribution in [0.5, 0.6) is 0 Å². The van der Waals surface area contributed by atoms with E-state index in [0.717, 1.165) is 38.7 Å². The summed E-state index contributed by atoms with van der Waals surface area (Å²) in [6.45, 7) is 10.0. The summed E-state index contributed by atoms with van der Waals surface area (Å²) in [7, 11) is 0. The van der Waals surface area contributed by atoms with Gasteiger partial charge in [0.1, 0.15) is 0 Å². The van der Waals surface area contributed by atoms with Crippen molar-refractivity contribution in [2.75, 3.05) is 6.61 Å². The van der Waals surface area contributed by atoms with Crippen LogP contribution in [-0.2, 0) is 14.2 Å². The summed E-state index contributed by atoms with van der Waals surface area (Å²) in [5, 5.41) is 9.87. The maximum absolute atomic E-state index is 9.87. The molecule has 27 heavy (non-hydrogen) atoms. The lowest BCUT2D eigenvalue weighted by atomic mass is 9.80. The molecule has 1 N–H and O–H groups in total. The van der Waals surface area contributed by atoms with E-state index in [9.17, 15) is 5.11 Å². The van der Waals surface area contributed by atoms with E-state index in [2.05, 4.69) is 39.8 Å². The molecule has 0 aromatic carbocycles. The van der Waals surface area contributed by atoms with E-state index in [-0.39, 0.29) is 23.9 Å². The smallest absolute Gasteiger partial charge is 0.158 e. The van der Waals surface area contributed by atoms with Crippen LogP contribution in [-0.4, -0.2) is 36.5 Å². The second-order valence-electron chi connectivity index (χ2n) is 9.65. The normalized spacial score (nSPS) is 38.4. The van der Waals surface area contributed by atoms with Gasteiger partial charge < -0.3 is 19.3 Å². The van der Waals surface area contributed by atoms with Gasteiger partial charge in [0.25, 0.3) is 0 Å². The van der Waals surface area contributed by atoms with E-state index in [4.69, 9.17) is 14.2 Å². The Morgan fingerprint density at radius 3 is 2.78 bits per heavy atom. The van der Waals surface area contributed by atoms with Crippen LogP contribution >= 0.6 is 0 Å². The van der Waals surface area contributed by atoms with E-state index in [1.54, 1.807) is 0 Å². The SMILES string of the molecule is CCCCC(C)(C)[C@@H](C=C[C@H]1[C@@H]2C[C@H](O)O[C@@H]2C[C@@H]1C)OC1CCCCO1. The van der Waals surface area contributed by atoms with Crippen LogP contribution < -0.4 is 0 Å². The van der Waals surface area contributed by atoms with Gasteiger partial charge in [-0.2, -0.15) is 0 Å². The van der Waals surface area contributed by atoms with E-state index >= 15 is 0 Å². The quantitative estimate of drug-likeness (QED) is 0.599. The first-order valence-corrected chi connectivity index (χ1v) is 11.2. The fourth-order valence-corrected chi connectivity index (χ4v) is 5.13. The lowest BCUT2D eigenvalue weighted by molar-refractivity contribution is -0.197. The lowest BCUT2D eigenvalue weighted by Crippen LogP contribution is -2.36. The maximum atomic E-state index is 9.87. The Hall–Kier alpha value is -0.420. The Bertz CT molecular complexity index is 483. The molecule has 156 valence electrons. The third kappa shape index (κ3) is 5.35. The second kappa shape index (κ2) is 9.39. The van der Waals surface area contributed by atoms with Crippen LogP contribution in [0, 0.1) is 23.2 Å². The fourth-order valence-electron chi connectivity index (χ4n) is 5.13. The van der Waals surface area contributed by atoms with Gasteiger partial charge in [-0.05, 0) is 55.3 Å². The van der Waals surface area contributed by atoms with Gasteiger partial charge in [0, 0.05) is 13.0 Å². The molecule has 0 aromatic rings. The van der Waals surface area contributed by atoms with Gasteiger partial charge in [0.15, 0.2) is 12.6 Å². The molecule has 3 aliphatic rings. The molecule has 4 heteroatoms. The van der Waals surface area contributed by atoms with Crippen molar-refractivity contribution in [2.45, 2.75) is 104 Å². The van der Waals surface area contributed by atoms with Crippen molar-refractivity contribution < 1.29 is 19.3 Å². The first-order valence-electron chi connectivity index (χ1n) is 11.2. The highest BCUT2D eigenvalue weighted by molar-refractivity contribution is 5.07. The minimum atomic E-state index is -0.577. The topological polar surface area (TPSA) is 47.9 Å². The number of fused-ring (bicyclic) bond motifs is 1. The van der Waals surface area contributed by atoms with Crippen molar-refractivity contribution in [2.24, 2.45) is 23.2 Å². The Kier molecular flexibility index (Phi) is 7.40. The number of hydrogen-bond acceptors (Lipinski definition) is 4. The summed E-state index contributed by atoms with van der Waals surface area (Å²) in [4.78, 5) is 0. The highest BCUT2D eigenvalue weighted by Crippen LogP contribution is 2.47. The molecule has 0 spiro atoms. The van der Waals surface area contributed by atoms with E-state index in [0.29, 0.717) is 17.8 Å². The highest BCUT2D eigenvalue weighted by atomic mass is 16.7. The van der Waals surface area contributed by atoms with Crippen molar-refractivity contribution in [3.05, 3.63) is 12.2 Å². The summed E-state index contributed by atoms with van der Waals surface area (Å²) in [6, 6.07) is 0. The van der Waals surface area contributed by atoms with Gasteiger partial charge in [-0.1, -0.05) is 52.7 Å². The number of aliphatic hydroxyl groups is 1. The van der Waals surface area contributed by atoms with Crippen LogP contribution in [0.25, 0.3) is 0 Å². The fraction of sp³-hybridized carbons (Fsp3) is 0.913. The number of allylic oxidation sites excluding steroid dienone is 1. The summed E-state index contributed by atoms with van der Waals surface area (Å²) in [6.07, 6.45) is 13.0. The molecular weight excluding hydrogens is 340 g/mol. The van der Waals surface area contributed by atoms with Crippen molar-refractivity contribution in [3.63, 3.8) is 0 Å². The lowest BCUT2D eigenvalue weighted by Gasteiger charge is -2.36. The molecule has 2 aliphatic heterocycles. The van der Waals surface area contributed by atoms with Gasteiger partial charge in [-0.25, -0.2) is 0 Å². The Balaban J connectivity index is 1.70. The molecule has 1 aliphatic carbocycles. The van der Waals surface area contributed by atoms with Gasteiger partial charge in [-0.3, -0.25) is 0 Å². The number of rotatable bonds is 8. The van der Waals surface area contributed by atoms with Crippen LogP contribution in [0.4, 0.5) is 0 Å². The van der Waals surface area contributed by atoms with E-state index in [1.165, 1.54) is 19.3 Å². The van der Waals surface area contributed by atoms with Crippen LogP contribution in [0.1, 0.15) is 79.1 Å². The summed E-state index contributed by atoms with van der Waals surface area (Å²) in [5.41, 5.74) is 0.0836. The molecule has 3 rings (SSSR count). The van der Waals surface area contributed by atoms with E-state index < -0.39 is 6.29 Å². The van der Waals surface area contributed by atoms with Crippen LogP contribution in [0.3, 0.4) is 0 Å². The first-order chi connectivity index (χ1) is 12.9. The maximum Gasteiger partial charge on any atom is 0.158 e. The Morgan fingerprint density at radius 1 is 1.26 bits per heavy atom. The van der Waals surface area contributed by atoms with Gasteiger partial charge >= 0.3 is 0 Å². The number of ether oxygens (including phenoxy) is 3. The minimum Gasteiger partial charge on any atom is -0.368 e. The predicted octanol–water partition coefficient (Wildman–Crippen LogP) is 5.05. The third-order valence-electron chi connectivity index (χ3n) is 6.93. The summed E-state index contributed by atoms with van der Waals surface area (Å²) in [5.74, 6) is 1.50. The average Bonchev–Trinajstić information content (AvgIpc) is 3.12. The Labute approximate surface area is 165 Å². The van der Waals surface area contributed by atoms with Crippen molar-refractivity contribution in [1.82, 2.24) is 0 Å². The van der Waals surface area contributed by atoms with Crippen molar-refractivity contribution in [3.8, 4) is 0 Å². The molecule has 3 fully saturated rings. The zero-order valence-corrected chi connectivity index (χ0v) is 17.7. The highest BCUT2D eigenvalue weighted by Gasteiger charge is 2.46. The molecule has 0 radical (unpaired) electrons. The van der Waals surface area contributed by atoms with Gasteiger partial charge in [0.2, 0.25) is 0 Å². The molecule has 0 bridgehead atoms. The minimum absolute atomic E-state index is 0.0608. The summed E-state index contributed by atoms with van der Waals surface area (Å²) >= 11 is 0. The molecule has 7 atom stereocenters. The van der Waals surface area contributed by atoms with Crippen molar-refractivity contribution >= 4 is 0 Å². The molecule has 4 nitrogen and oxygen atoms in total. The van der Waals surface area contributed by atoms with Gasteiger partial charge in [-0.15, -0.1) is 0 Å². The molecule has 1 unspecified atom stereocenters. The van der Waals surface area contributed by atoms with Gasteiger partial charge in [0.05, 0.1) is 12.2 Å². The molecule has 0 amide bonds. The monoisotopic (exact) mass is 380 g/mol. The van der Waals surface area contributed by atoms with Crippen LogP contribution in [0.15, 0.2) is 12.2 Å². The molecule has 1 saturated carbocycles. The number of unbranched alkanes of at least 4 members (excludes halogenated alkanes) is 1. The first kappa shape index (κ1) is 21.3. The molecule has 2 saturated heterocycles. The average molecular weight is 381 g/mol.